The molecule has 0 radical (unpaired) electrons. The molecule has 1 atom stereocenters. The van der Waals surface area contributed by atoms with E-state index in [-0.39, 0.29) is 0 Å². The lowest BCUT2D eigenvalue weighted by Gasteiger charge is -2.30. The third-order valence-electron chi connectivity index (χ3n) is 2.47. The summed E-state index contributed by atoms with van der Waals surface area (Å²) in [6.45, 7) is 9.68. The van der Waals surface area contributed by atoms with Gasteiger partial charge in [0.25, 0.3) is 0 Å². The minimum atomic E-state index is -2.45. The van der Waals surface area contributed by atoms with Gasteiger partial charge in [-0.05, 0) is 58.9 Å². The highest BCUT2D eigenvalue weighted by atomic mass is 32.5. The summed E-state index contributed by atoms with van der Waals surface area (Å²) in [5.74, 6) is 0. The molecule has 0 rings (SSSR count). The van der Waals surface area contributed by atoms with Gasteiger partial charge in [-0.3, -0.25) is 4.90 Å². The van der Waals surface area contributed by atoms with Crippen LogP contribution in [0.15, 0.2) is 0 Å². The van der Waals surface area contributed by atoms with Gasteiger partial charge in [0.15, 0.2) is 6.49 Å². The normalized spacial score (nSPS) is 16.1. The third kappa shape index (κ3) is 8.66. The zero-order valence-electron chi connectivity index (χ0n) is 11.1. The van der Waals surface area contributed by atoms with E-state index >= 15 is 0 Å². The predicted molar refractivity (Wildman–Crippen MR) is 74.6 cm³/mol. The monoisotopic (exact) mass is 267 g/mol. The second kappa shape index (κ2) is 7.78. The van der Waals surface area contributed by atoms with Crippen LogP contribution in [0.1, 0.15) is 40.5 Å². The molecule has 0 saturated carbocycles. The maximum absolute atomic E-state index is 9.30. The highest BCUT2D eigenvalue weighted by Crippen LogP contribution is 2.36. The molecule has 1 unspecified atom stereocenters. The molecular weight excluding hydrogens is 241 g/mol. The Hall–Kier alpha value is 0.530. The van der Waals surface area contributed by atoms with Gasteiger partial charge in [0.05, 0.1) is 6.61 Å². The Morgan fingerprint density at radius 2 is 1.69 bits per heavy atom. The second-order valence-electron chi connectivity index (χ2n) is 4.77. The van der Waals surface area contributed by atoms with Crippen molar-refractivity contribution in [3.8, 4) is 0 Å². The van der Waals surface area contributed by atoms with Crippen molar-refractivity contribution in [1.82, 2.24) is 4.90 Å². The molecule has 0 aromatic heterocycles. The average molecular weight is 267 g/mol. The van der Waals surface area contributed by atoms with E-state index in [1.807, 2.05) is 0 Å². The van der Waals surface area contributed by atoms with Crippen LogP contribution in [0.4, 0.5) is 0 Å². The first-order valence-electron chi connectivity index (χ1n) is 5.94. The van der Waals surface area contributed by atoms with Crippen LogP contribution in [0, 0.1) is 0 Å². The predicted octanol–water partition coefficient (Wildman–Crippen LogP) is 2.83. The van der Waals surface area contributed by atoms with Crippen molar-refractivity contribution in [1.29, 1.82) is 0 Å². The molecular formula is C11H26NO2PS. The summed E-state index contributed by atoms with van der Waals surface area (Å²) in [6, 6.07) is 1.16. The lowest BCUT2D eigenvalue weighted by atomic mass is 10.2. The van der Waals surface area contributed by atoms with Crippen molar-refractivity contribution in [3.05, 3.63) is 0 Å². The minimum absolute atomic E-state index is 0.578. The quantitative estimate of drug-likeness (QED) is 0.541. The SMILES string of the molecule is CC(C)N(CCCCOP(C)(O)=S)C(C)C. The smallest absolute Gasteiger partial charge is 0.183 e. The fourth-order valence-corrected chi connectivity index (χ4v) is 2.43. The molecule has 0 aliphatic rings. The van der Waals surface area contributed by atoms with Crippen molar-refractivity contribution in [2.75, 3.05) is 19.8 Å². The van der Waals surface area contributed by atoms with E-state index in [2.05, 4.69) is 32.6 Å². The first kappa shape index (κ1) is 16.5. The van der Waals surface area contributed by atoms with E-state index in [1.165, 1.54) is 0 Å². The van der Waals surface area contributed by atoms with Gasteiger partial charge in [0.1, 0.15) is 0 Å². The number of unbranched alkanes of at least 4 members (excludes halogenated alkanes) is 1. The topological polar surface area (TPSA) is 32.7 Å². The van der Waals surface area contributed by atoms with Crippen molar-refractivity contribution in [2.45, 2.75) is 52.6 Å². The molecule has 0 aromatic carbocycles. The lowest BCUT2D eigenvalue weighted by molar-refractivity contribution is 0.167. The first-order chi connectivity index (χ1) is 7.24. The molecule has 0 amide bonds. The van der Waals surface area contributed by atoms with Gasteiger partial charge in [-0.2, -0.15) is 0 Å². The number of rotatable bonds is 8. The number of hydrogen-bond acceptors (Lipinski definition) is 3. The molecule has 1 N–H and O–H groups in total. The summed E-state index contributed by atoms with van der Waals surface area (Å²) in [4.78, 5) is 11.8. The van der Waals surface area contributed by atoms with Gasteiger partial charge >= 0.3 is 0 Å². The van der Waals surface area contributed by atoms with E-state index in [0.717, 1.165) is 19.4 Å². The van der Waals surface area contributed by atoms with Crippen molar-refractivity contribution < 1.29 is 9.42 Å². The van der Waals surface area contributed by atoms with E-state index in [1.54, 1.807) is 6.66 Å². The molecule has 98 valence electrons. The van der Waals surface area contributed by atoms with Crippen molar-refractivity contribution >= 4 is 18.3 Å². The Bertz CT molecular complexity index is 220. The van der Waals surface area contributed by atoms with Crippen LogP contribution >= 0.6 is 6.49 Å². The van der Waals surface area contributed by atoms with Crippen LogP contribution in [0.25, 0.3) is 0 Å². The maximum Gasteiger partial charge on any atom is 0.183 e. The Labute approximate surface area is 105 Å². The first-order valence-corrected chi connectivity index (χ1v) is 9.06. The lowest BCUT2D eigenvalue weighted by Crippen LogP contribution is -2.37. The van der Waals surface area contributed by atoms with Crippen LogP contribution < -0.4 is 0 Å². The fourth-order valence-electron chi connectivity index (χ4n) is 1.74. The summed E-state index contributed by atoms with van der Waals surface area (Å²) >= 11 is 4.80. The third-order valence-corrected chi connectivity index (χ3v) is 3.45. The molecule has 16 heavy (non-hydrogen) atoms. The maximum atomic E-state index is 9.30. The Balaban J connectivity index is 3.68. The summed E-state index contributed by atoms with van der Waals surface area (Å²) < 4.78 is 5.20. The molecule has 0 aromatic rings. The van der Waals surface area contributed by atoms with E-state index < -0.39 is 6.49 Å². The van der Waals surface area contributed by atoms with Gasteiger partial charge in [0, 0.05) is 18.7 Å². The largest absolute Gasteiger partial charge is 0.345 e. The zero-order valence-corrected chi connectivity index (χ0v) is 12.9. The van der Waals surface area contributed by atoms with E-state index in [9.17, 15) is 4.89 Å². The van der Waals surface area contributed by atoms with Crippen molar-refractivity contribution in [2.24, 2.45) is 0 Å². The van der Waals surface area contributed by atoms with Crippen LogP contribution in [-0.2, 0) is 16.3 Å². The zero-order chi connectivity index (χ0) is 12.8. The van der Waals surface area contributed by atoms with Crippen LogP contribution in [0.5, 0.6) is 0 Å². The molecule has 5 heteroatoms. The Morgan fingerprint density at radius 1 is 1.19 bits per heavy atom. The summed E-state index contributed by atoms with van der Waals surface area (Å²) in [5.41, 5.74) is 0. The van der Waals surface area contributed by atoms with Gasteiger partial charge in [-0.25, -0.2) is 0 Å². The molecule has 0 aliphatic carbocycles. The van der Waals surface area contributed by atoms with Gasteiger partial charge in [0.2, 0.25) is 0 Å². The summed E-state index contributed by atoms with van der Waals surface area (Å²) in [5, 5.41) is 0. The highest BCUT2D eigenvalue weighted by molar-refractivity contribution is 8.09. The molecule has 0 aliphatic heterocycles. The Morgan fingerprint density at radius 3 is 2.06 bits per heavy atom. The summed E-state index contributed by atoms with van der Waals surface area (Å²) in [6.07, 6.45) is 2.05. The molecule has 0 saturated heterocycles. The van der Waals surface area contributed by atoms with Gasteiger partial charge in [-0.15, -0.1) is 0 Å². The highest BCUT2D eigenvalue weighted by Gasteiger charge is 2.12. The van der Waals surface area contributed by atoms with Crippen LogP contribution in [-0.4, -0.2) is 41.7 Å². The minimum Gasteiger partial charge on any atom is -0.345 e. The van der Waals surface area contributed by atoms with Crippen LogP contribution in [0.3, 0.4) is 0 Å². The summed E-state index contributed by atoms with van der Waals surface area (Å²) in [7, 11) is 0. The molecule has 3 nitrogen and oxygen atoms in total. The number of nitrogens with zero attached hydrogens (tertiary/aromatic N) is 1. The Kier molecular flexibility index (Phi) is 8.04. The fraction of sp³-hybridized carbons (Fsp3) is 1.00. The standard InChI is InChI=1S/C11H26NO2PS/c1-10(2)12(11(3)4)8-6-7-9-14-15(5,13)16/h10-11H,6-9H2,1-5H3,(H,13,16). The molecule has 0 fully saturated rings. The molecule has 0 spiro atoms. The van der Waals surface area contributed by atoms with E-state index in [4.69, 9.17) is 16.3 Å². The van der Waals surface area contributed by atoms with Crippen LogP contribution in [0.2, 0.25) is 0 Å². The van der Waals surface area contributed by atoms with Gasteiger partial charge < -0.3 is 9.42 Å². The second-order valence-corrected chi connectivity index (χ2v) is 8.67. The molecule has 0 bridgehead atoms. The van der Waals surface area contributed by atoms with E-state index in [0.29, 0.717) is 18.7 Å². The van der Waals surface area contributed by atoms with Gasteiger partial charge in [-0.1, -0.05) is 0 Å². The average Bonchev–Trinajstić information content (AvgIpc) is 2.07. The van der Waals surface area contributed by atoms with Crippen molar-refractivity contribution in [3.63, 3.8) is 0 Å². The number of hydrogen-bond donors (Lipinski definition) is 1. The molecule has 0 heterocycles.